The molecule has 0 spiro atoms. The molecule has 1 saturated carbocycles. The molecule has 1 aromatic rings. The van der Waals surface area contributed by atoms with Crippen LogP contribution in [0.4, 0.5) is 5.13 Å². The molecule has 1 aliphatic carbocycles. The third-order valence-corrected chi connectivity index (χ3v) is 3.97. The minimum atomic E-state index is -0.103. The molecule has 0 amide bonds. The van der Waals surface area contributed by atoms with Gasteiger partial charge in [-0.1, -0.05) is 6.42 Å². The Morgan fingerprint density at radius 1 is 1.62 bits per heavy atom. The van der Waals surface area contributed by atoms with E-state index >= 15 is 0 Å². The van der Waals surface area contributed by atoms with Crippen molar-refractivity contribution in [3.63, 3.8) is 0 Å². The molecule has 0 aliphatic heterocycles. The number of thiazole rings is 1. The lowest BCUT2D eigenvalue weighted by Crippen LogP contribution is -2.29. The van der Waals surface area contributed by atoms with Crippen LogP contribution in [0.15, 0.2) is 6.20 Å². The second-order valence-electron chi connectivity index (χ2n) is 4.62. The van der Waals surface area contributed by atoms with Gasteiger partial charge in [-0.15, -0.1) is 11.3 Å². The first kappa shape index (κ1) is 11.8. The normalized spacial score (nSPS) is 25.4. The van der Waals surface area contributed by atoms with Crippen molar-refractivity contribution in [2.24, 2.45) is 5.92 Å². The van der Waals surface area contributed by atoms with Gasteiger partial charge in [-0.05, 0) is 25.8 Å². The zero-order chi connectivity index (χ0) is 11.5. The summed E-state index contributed by atoms with van der Waals surface area (Å²) in [4.78, 5) is 7.47. The molecule has 1 aliphatic rings. The van der Waals surface area contributed by atoms with Crippen LogP contribution in [0.25, 0.3) is 0 Å². The van der Waals surface area contributed by atoms with Gasteiger partial charge in [0, 0.05) is 24.2 Å². The second-order valence-corrected chi connectivity index (χ2v) is 5.77. The van der Waals surface area contributed by atoms with Crippen molar-refractivity contribution in [2.45, 2.75) is 31.9 Å². The summed E-state index contributed by atoms with van der Waals surface area (Å²) in [5, 5.41) is 10.4. The number of aromatic nitrogens is 1. The van der Waals surface area contributed by atoms with Crippen molar-refractivity contribution in [1.29, 1.82) is 0 Å². The highest BCUT2D eigenvalue weighted by Gasteiger charge is 2.26. The van der Waals surface area contributed by atoms with E-state index in [1.807, 2.05) is 6.20 Å². The molecule has 1 heterocycles. The highest BCUT2D eigenvalue weighted by Crippen LogP contribution is 2.26. The summed E-state index contributed by atoms with van der Waals surface area (Å²) in [7, 11) is 2.08. The van der Waals surface area contributed by atoms with Crippen LogP contribution < -0.4 is 5.73 Å². The fourth-order valence-corrected chi connectivity index (χ4v) is 3.12. The number of aliphatic hydroxyl groups excluding tert-OH is 1. The smallest absolute Gasteiger partial charge is 0.180 e. The van der Waals surface area contributed by atoms with E-state index in [2.05, 4.69) is 16.9 Å². The first-order chi connectivity index (χ1) is 7.65. The Labute approximate surface area is 100 Å². The quantitative estimate of drug-likeness (QED) is 0.834. The molecule has 2 unspecified atom stereocenters. The summed E-state index contributed by atoms with van der Waals surface area (Å²) in [6.07, 6.45) is 5.01. The zero-order valence-corrected chi connectivity index (χ0v) is 10.4. The molecule has 4 nitrogen and oxygen atoms in total. The Morgan fingerprint density at radius 2 is 2.44 bits per heavy atom. The fraction of sp³-hybridized carbons (Fsp3) is 0.727. The molecule has 0 bridgehead atoms. The van der Waals surface area contributed by atoms with E-state index in [4.69, 9.17) is 5.73 Å². The first-order valence-electron chi connectivity index (χ1n) is 5.72. The number of hydrogen-bond donors (Lipinski definition) is 2. The van der Waals surface area contributed by atoms with Gasteiger partial charge in [0.05, 0.1) is 6.10 Å². The van der Waals surface area contributed by atoms with Crippen molar-refractivity contribution in [3.05, 3.63) is 11.1 Å². The molecule has 1 fully saturated rings. The van der Waals surface area contributed by atoms with Crippen LogP contribution in [-0.2, 0) is 6.54 Å². The van der Waals surface area contributed by atoms with Gasteiger partial charge >= 0.3 is 0 Å². The molecule has 16 heavy (non-hydrogen) atoms. The summed E-state index contributed by atoms with van der Waals surface area (Å²) >= 11 is 1.54. The van der Waals surface area contributed by atoms with Crippen LogP contribution in [0.3, 0.4) is 0 Å². The van der Waals surface area contributed by atoms with Gasteiger partial charge in [-0.2, -0.15) is 0 Å². The van der Waals surface area contributed by atoms with Crippen LogP contribution in [0.2, 0.25) is 0 Å². The van der Waals surface area contributed by atoms with Crippen molar-refractivity contribution >= 4 is 16.5 Å². The maximum absolute atomic E-state index is 9.75. The van der Waals surface area contributed by atoms with E-state index in [0.717, 1.165) is 32.4 Å². The predicted octanol–water partition coefficient (Wildman–Crippen LogP) is 1.32. The Kier molecular flexibility index (Phi) is 3.78. The van der Waals surface area contributed by atoms with Crippen LogP contribution in [0, 0.1) is 5.92 Å². The first-order valence-corrected chi connectivity index (χ1v) is 6.53. The third kappa shape index (κ3) is 2.93. The predicted molar refractivity (Wildman–Crippen MR) is 66.2 cm³/mol. The van der Waals surface area contributed by atoms with E-state index in [-0.39, 0.29) is 6.10 Å². The SMILES string of the molecule is CN(Cc1cnc(N)s1)CC1CCCC1O. The Hall–Kier alpha value is -0.650. The molecule has 90 valence electrons. The van der Waals surface area contributed by atoms with Crippen molar-refractivity contribution < 1.29 is 5.11 Å². The fourth-order valence-electron chi connectivity index (χ4n) is 2.36. The molecule has 2 rings (SSSR count). The summed E-state index contributed by atoms with van der Waals surface area (Å²) < 4.78 is 0. The Balaban J connectivity index is 1.82. The van der Waals surface area contributed by atoms with E-state index in [9.17, 15) is 5.11 Å². The van der Waals surface area contributed by atoms with Gasteiger partial charge in [0.25, 0.3) is 0 Å². The second kappa shape index (κ2) is 5.12. The topological polar surface area (TPSA) is 62.4 Å². The minimum absolute atomic E-state index is 0.103. The summed E-state index contributed by atoms with van der Waals surface area (Å²) in [6.45, 7) is 1.83. The van der Waals surface area contributed by atoms with E-state index in [1.165, 1.54) is 16.2 Å². The lowest BCUT2D eigenvalue weighted by atomic mass is 10.1. The number of hydrogen-bond acceptors (Lipinski definition) is 5. The molecular formula is C11H19N3OS. The van der Waals surface area contributed by atoms with Gasteiger partial charge in [-0.3, -0.25) is 0 Å². The molecule has 0 radical (unpaired) electrons. The number of nitrogens with zero attached hydrogens (tertiary/aromatic N) is 2. The number of nitrogens with two attached hydrogens (primary N) is 1. The summed E-state index contributed by atoms with van der Waals surface area (Å²) in [6, 6.07) is 0. The van der Waals surface area contributed by atoms with Gasteiger partial charge in [0.2, 0.25) is 0 Å². The third-order valence-electron chi connectivity index (χ3n) is 3.16. The van der Waals surface area contributed by atoms with Gasteiger partial charge in [-0.25, -0.2) is 4.98 Å². The number of aliphatic hydroxyl groups is 1. The van der Waals surface area contributed by atoms with E-state index in [0.29, 0.717) is 11.0 Å². The molecular weight excluding hydrogens is 222 g/mol. The molecule has 0 aromatic carbocycles. The van der Waals surface area contributed by atoms with E-state index in [1.54, 1.807) is 0 Å². The Bertz CT molecular complexity index is 342. The lowest BCUT2D eigenvalue weighted by Gasteiger charge is -2.22. The number of anilines is 1. The molecule has 5 heteroatoms. The average molecular weight is 241 g/mol. The van der Waals surface area contributed by atoms with E-state index < -0.39 is 0 Å². The molecule has 3 N–H and O–H groups in total. The molecule has 0 saturated heterocycles. The van der Waals surface area contributed by atoms with Crippen molar-refractivity contribution in [2.75, 3.05) is 19.3 Å². The highest BCUT2D eigenvalue weighted by molar-refractivity contribution is 7.15. The highest BCUT2D eigenvalue weighted by atomic mass is 32.1. The van der Waals surface area contributed by atoms with Crippen molar-refractivity contribution in [1.82, 2.24) is 9.88 Å². The zero-order valence-electron chi connectivity index (χ0n) is 9.59. The monoisotopic (exact) mass is 241 g/mol. The maximum atomic E-state index is 9.75. The number of nitrogen functional groups attached to an aromatic ring is 1. The largest absolute Gasteiger partial charge is 0.393 e. The lowest BCUT2D eigenvalue weighted by molar-refractivity contribution is 0.108. The van der Waals surface area contributed by atoms with Crippen LogP contribution in [0.1, 0.15) is 24.1 Å². The maximum Gasteiger partial charge on any atom is 0.180 e. The van der Waals surface area contributed by atoms with Gasteiger partial charge in [0.1, 0.15) is 0 Å². The average Bonchev–Trinajstić information content (AvgIpc) is 2.77. The minimum Gasteiger partial charge on any atom is -0.393 e. The van der Waals surface area contributed by atoms with Crippen molar-refractivity contribution in [3.8, 4) is 0 Å². The Morgan fingerprint density at radius 3 is 3.00 bits per heavy atom. The molecule has 1 aromatic heterocycles. The van der Waals surface area contributed by atoms with Gasteiger partial charge < -0.3 is 15.7 Å². The summed E-state index contributed by atoms with van der Waals surface area (Å²) in [5.74, 6) is 0.440. The summed E-state index contributed by atoms with van der Waals surface area (Å²) in [5.41, 5.74) is 5.59. The number of rotatable bonds is 4. The van der Waals surface area contributed by atoms with Crippen LogP contribution >= 0.6 is 11.3 Å². The van der Waals surface area contributed by atoms with Gasteiger partial charge in [0.15, 0.2) is 5.13 Å². The standard InChI is InChI=1S/C11H19N3OS/c1-14(6-8-3-2-4-10(8)15)7-9-5-13-11(12)16-9/h5,8,10,15H,2-4,6-7H2,1H3,(H2,12,13). The molecule has 2 atom stereocenters. The van der Waals surface area contributed by atoms with Crippen LogP contribution in [-0.4, -0.2) is 34.7 Å². The van der Waals surface area contributed by atoms with Crippen LogP contribution in [0.5, 0.6) is 0 Å².